The van der Waals surface area contributed by atoms with E-state index in [9.17, 15) is 4.79 Å². The lowest BCUT2D eigenvalue weighted by Crippen LogP contribution is -2.22. The Hall–Kier alpha value is -0.800. The van der Waals surface area contributed by atoms with Gasteiger partial charge in [-0.1, -0.05) is 18.2 Å². The summed E-state index contributed by atoms with van der Waals surface area (Å²) in [6, 6.07) is 0. The molecule has 0 spiro atoms. The van der Waals surface area contributed by atoms with Crippen molar-refractivity contribution in [3.63, 3.8) is 0 Å². The van der Waals surface area contributed by atoms with Gasteiger partial charge in [-0.05, 0) is 0 Å². The Morgan fingerprint density at radius 1 is 1.58 bits per heavy atom. The van der Waals surface area contributed by atoms with E-state index in [1.807, 2.05) is 0 Å². The van der Waals surface area contributed by atoms with Crippen molar-refractivity contribution in [1.82, 2.24) is 5.06 Å². The van der Waals surface area contributed by atoms with E-state index in [2.05, 4.69) is 4.84 Å². The number of hydroxylamine groups is 2. The van der Waals surface area contributed by atoms with E-state index in [1.165, 1.54) is 20.2 Å². The zero-order chi connectivity index (χ0) is 9.40. The SMILES string of the molecule is CON(C)C(=O)/C=C/C=C/CCl. The fourth-order valence-electron chi connectivity index (χ4n) is 0.463. The number of allylic oxidation sites excluding steroid dienone is 3. The lowest BCUT2D eigenvalue weighted by Gasteiger charge is -2.09. The molecule has 68 valence electrons. The monoisotopic (exact) mass is 189 g/mol. The second kappa shape index (κ2) is 6.88. The molecular formula is C8H12ClNO2. The van der Waals surface area contributed by atoms with Crippen LogP contribution in [0.25, 0.3) is 0 Å². The minimum atomic E-state index is -0.211. The quantitative estimate of drug-likeness (QED) is 0.289. The average Bonchev–Trinajstić information content (AvgIpc) is 2.10. The van der Waals surface area contributed by atoms with Gasteiger partial charge in [0.15, 0.2) is 0 Å². The highest BCUT2D eigenvalue weighted by molar-refractivity contribution is 6.18. The van der Waals surface area contributed by atoms with Crippen molar-refractivity contribution >= 4 is 17.5 Å². The molecule has 0 atom stereocenters. The Morgan fingerprint density at radius 3 is 2.75 bits per heavy atom. The van der Waals surface area contributed by atoms with E-state index in [4.69, 9.17) is 11.6 Å². The molecule has 0 aromatic carbocycles. The van der Waals surface area contributed by atoms with Gasteiger partial charge in [0.1, 0.15) is 0 Å². The van der Waals surface area contributed by atoms with Gasteiger partial charge in [0, 0.05) is 19.0 Å². The van der Waals surface area contributed by atoms with Gasteiger partial charge in [-0.3, -0.25) is 9.63 Å². The van der Waals surface area contributed by atoms with E-state index in [0.29, 0.717) is 5.88 Å². The van der Waals surface area contributed by atoms with Crippen molar-refractivity contribution in [2.45, 2.75) is 0 Å². The number of rotatable bonds is 4. The van der Waals surface area contributed by atoms with Crippen LogP contribution in [0.5, 0.6) is 0 Å². The number of alkyl halides is 1. The van der Waals surface area contributed by atoms with Gasteiger partial charge < -0.3 is 0 Å². The zero-order valence-electron chi connectivity index (χ0n) is 7.16. The topological polar surface area (TPSA) is 29.5 Å². The normalized spacial score (nSPS) is 11.2. The van der Waals surface area contributed by atoms with Crippen LogP contribution in [0, 0.1) is 0 Å². The predicted octanol–water partition coefficient (Wildman–Crippen LogP) is 1.36. The Labute approximate surface area is 77.2 Å². The smallest absolute Gasteiger partial charge is 0.269 e. The largest absolute Gasteiger partial charge is 0.274 e. The minimum absolute atomic E-state index is 0.211. The van der Waals surface area contributed by atoms with Crippen LogP contribution in [0.1, 0.15) is 0 Å². The van der Waals surface area contributed by atoms with Crippen molar-refractivity contribution in [2.75, 3.05) is 20.0 Å². The second-order valence-corrected chi connectivity index (χ2v) is 2.27. The third kappa shape index (κ3) is 4.93. The number of likely N-dealkylation sites (N-methyl/N-ethyl adjacent to an activating group) is 1. The van der Waals surface area contributed by atoms with Crippen molar-refractivity contribution in [3.8, 4) is 0 Å². The van der Waals surface area contributed by atoms with Gasteiger partial charge in [0.25, 0.3) is 5.91 Å². The van der Waals surface area contributed by atoms with Gasteiger partial charge in [-0.25, -0.2) is 5.06 Å². The highest BCUT2D eigenvalue weighted by atomic mass is 35.5. The van der Waals surface area contributed by atoms with E-state index in [-0.39, 0.29) is 5.91 Å². The minimum Gasteiger partial charge on any atom is -0.274 e. The molecule has 0 heterocycles. The molecule has 12 heavy (non-hydrogen) atoms. The number of nitrogens with zero attached hydrogens (tertiary/aromatic N) is 1. The number of hydrogen-bond donors (Lipinski definition) is 0. The fraction of sp³-hybridized carbons (Fsp3) is 0.375. The Kier molecular flexibility index (Phi) is 6.42. The van der Waals surface area contributed by atoms with Crippen LogP contribution < -0.4 is 0 Å². The molecule has 0 saturated heterocycles. The molecule has 0 N–H and O–H groups in total. The zero-order valence-corrected chi connectivity index (χ0v) is 7.91. The number of amides is 1. The van der Waals surface area contributed by atoms with Crippen LogP contribution in [0.15, 0.2) is 24.3 Å². The van der Waals surface area contributed by atoms with Gasteiger partial charge in [0.2, 0.25) is 0 Å². The maximum Gasteiger partial charge on any atom is 0.269 e. The van der Waals surface area contributed by atoms with Crippen LogP contribution in [0.2, 0.25) is 0 Å². The summed E-state index contributed by atoms with van der Waals surface area (Å²) in [5.74, 6) is 0.232. The maximum atomic E-state index is 11.0. The number of carbonyl (C=O) groups is 1. The van der Waals surface area contributed by atoms with Crippen molar-refractivity contribution in [2.24, 2.45) is 0 Å². The Balaban J connectivity index is 3.83. The van der Waals surface area contributed by atoms with Crippen molar-refractivity contribution < 1.29 is 9.63 Å². The molecule has 0 aromatic heterocycles. The van der Waals surface area contributed by atoms with Gasteiger partial charge >= 0.3 is 0 Å². The summed E-state index contributed by atoms with van der Waals surface area (Å²) in [4.78, 5) is 15.6. The summed E-state index contributed by atoms with van der Waals surface area (Å²) in [5.41, 5.74) is 0. The second-order valence-electron chi connectivity index (χ2n) is 1.96. The van der Waals surface area contributed by atoms with Crippen molar-refractivity contribution in [3.05, 3.63) is 24.3 Å². The molecule has 3 nitrogen and oxygen atoms in total. The first-order valence-corrected chi connectivity index (χ1v) is 3.96. The summed E-state index contributed by atoms with van der Waals surface area (Å²) in [6.07, 6.45) is 6.44. The van der Waals surface area contributed by atoms with Crippen LogP contribution >= 0.6 is 11.6 Å². The first kappa shape index (κ1) is 11.2. The molecule has 0 aliphatic heterocycles. The molecule has 1 amide bonds. The molecule has 0 aromatic rings. The number of carbonyl (C=O) groups excluding carboxylic acids is 1. The third-order valence-corrected chi connectivity index (χ3v) is 1.34. The highest BCUT2D eigenvalue weighted by Crippen LogP contribution is 1.87. The van der Waals surface area contributed by atoms with E-state index >= 15 is 0 Å². The molecule has 0 bridgehead atoms. The summed E-state index contributed by atoms with van der Waals surface area (Å²) in [5, 5.41) is 1.13. The summed E-state index contributed by atoms with van der Waals surface area (Å²) in [6.45, 7) is 0. The van der Waals surface area contributed by atoms with Crippen LogP contribution in [0.4, 0.5) is 0 Å². The van der Waals surface area contributed by atoms with Gasteiger partial charge in [-0.2, -0.15) is 0 Å². The van der Waals surface area contributed by atoms with Crippen LogP contribution in [-0.2, 0) is 9.63 Å². The molecule has 0 rings (SSSR count). The van der Waals surface area contributed by atoms with Gasteiger partial charge in [-0.15, -0.1) is 11.6 Å². The summed E-state index contributed by atoms with van der Waals surface area (Å²) >= 11 is 5.37. The fourth-order valence-corrected chi connectivity index (χ4v) is 0.566. The lowest BCUT2D eigenvalue weighted by molar-refractivity contribution is -0.162. The molecule has 0 unspecified atom stereocenters. The van der Waals surface area contributed by atoms with Crippen LogP contribution in [-0.4, -0.2) is 31.0 Å². The molecule has 0 radical (unpaired) electrons. The third-order valence-electron chi connectivity index (χ3n) is 1.16. The first-order chi connectivity index (χ1) is 5.72. The molecule has 0 aliphatic rings. The number of halogens is 1. The van der Waals surface area contributed by atoms with E-state index < -0.39 is 0 Å². The standard InChI is InChI=1S/C8H12ClNO2/c1-10(12-2)8(11)6-4-3-5-7-9/h3-6H,7H2,1-2H3/b5-3+,6-4+. The van der Waals surface area contributed by atoms with Crippen molar-refractivity contribution in [1.29, 1.82) is 0 Å². The van der Waals surface area contributed by atoms with Crippen LogP contribution in [0.3, 0.4) is 0 Å². The van der Waals surface area contributed by atoms with E-state index in [1.54, 1.807) is 18.2 Å². The Morgan fingerprint density at radius 2 is 2.25 bits per heavy atom. The molecular weight excluding hydrogens is 178 g/mol. The predicted molar refractivity (Wildman–Crippen MR) is 48.8 cm³/mol. The first-order valence-electron chi connectivity index (χ1n) is 3.43. The molecule has 0 aliphatic carbocycles. The number of hydrogen-bond acceptors (Lipinski definition) is 2. The Bertz CT molecular complexity index is 189. The summed E-state index contributed by atoms with van der Waals surface area (Å²) < 4.78 is 0. The van der Waals surface area contributed by atoms with Gasteiger partial charge in [0.05, 0.1) is 7.11 Å². The molecule has 0 saturated carbocycles. The summed E-state index contributed by atoms with van der Waals surface area (Å²) in [7, 11) is 2.97. The maximum absolute atomic E-state index is 11.0. The highest BCUT2D eigenvalue weighted by Gasteiger charge is 1.99. The molecule has 4 heteroatoms. The average molecular weight is 190 g/mol. The molecule has 0 fully saturated rings. The van der Waals surface area contributed by atoms with E-state index in [0.717, 1.165) is 5.06 Å². The lowest BCUT2D eigenvalue weighted by atomic mass is 10.4.